The van der Waals surface area contributed by atoms with Crippen LogP contribution in [0.25, 0.3) is 10.6 Å². The zero-order chi connectivity index (χ0) is 15.3. The molecule has 0 aliphatic rings. The first-order chi connectivity index (χ1) is 10.0. The van der Waals surface area contributed by atoms with Crippen LogP contribution in [0.15, 0.2) is 29.6 Å². The van der Waals surface area contributed by atoms with Crippen molar-refractivity contribution in [1.82, 2.24) is 9.71 Å². The Morgan fingerprint density at radius 3 is 2.81 bits per heavy atom. The van der Waals surface area contributed by atoms with Gasteiger partial charge in [0.2, 0.25) is 10.0 Å². The Kier molecular flexibility index (Phi) is 5.44. The van der Waals surface area contributed by atoms with Crippen molar-refractivity contribution in [2.24, 2.45) is 0 Å². The van der Waals surface area contributed by atoms with Crippen molar-refractivity contribution in [1.29, 1.82) is 0 Å². The van der Waals surface area contributed by atoms with Crippen LogP contribution in [0.2, 0.25) is 0 Å². The molecule has 1 heterocycles. The number of hydrogen-bond donors (Lipinski definition) is 1. The third kappa shape index (κ3) is 4.59. The molecule has 0 spiro atoms. The molecule has 1 aromatic heterocycles. The molecule has 21 heavy (non-hydrogen) atoms. The fraction of sp³-hybridized carbons (Fsp3) is 0.357. The van der Waals surface area contributed by atoms with Gasteiger partial charge in [-0.2, -0.15) is 0 Å². The summed E-state index contributed by atoms with van der Waals surface area (Å²) >= 11 is 1.36. The highest BCUT2D eigenvalue weighted by Crippen LogP contribution is 2.26. The average molecular weight is 328 g/mol. The molecule has 0 fully saturated rings. The van der Waals surface area contributed by atoms with Crippen molar-refractivity contribution >= 4 is 21.4 Å². The number of aromatic nitrogens is 1. The standard InChI is InChI=1S/C14H17FN2O2S2/c1-2-9-21(18,19)16-8-7-11-10-20-14(17-11)12-5-3-4-6-13(12)15/h3-6,10,16H,2,7-9H2,1H3. The van der Waals surface area contributed by atoms with Gasteiger partial charge in [0.1, 0.15) is 10.8 Å². The number of thiazole rings is 1. The van der Waals surface area contributed by atoms with Crippen LogP contribution in [0.4, 0.5) is 4.39 Å². The van der Waals surface area contributed by atoms with Crippen LogP contribution in [0.3, 0.4) is 0 Å². The normalized spacial score (nSPS) is 11.7. The number of rotatable bonds is 7. The maximum atomic E-state index is 13.7. The third-order valence-corrected chi connectivity index (χ3v) is 5.35. The van der Waals surface area contributed by atoms with Crippen LogP contribution in [0.5, 0.6) is 0 Å². The van der Waals surface area contributed by atoms with Gasteiger partial charge in [-0.1, -0.05) is 19.1 Å². The van der Waals surface area contributed by atoms with E-state index in [-0.39, 0.29) is 11.6 Å². The minimum atomic E-state index is -3.19. The molecular weight excluding hydrogens is 311 g/mol. The first kappa shape index (κ1) is 16.1. The monoisotopic (exact) mass is 328 g/mol. The van der Waals surface area contributed by atoms with Gasteiger partial charge in [-0.3, -0.25) is 0 Å². The van der Waals surface area contributed by atoms with Crippen LogP contribution in [0.1, 0.15) is 19.0 Å². The Bertz CT molecular complexity index is 699. The topological polar surface area (TPSA) is 59.1 Å². The summed E-state index contributed by atoms with van der Waals surface area (Å²) in [7, 11) is -3.19. The lowest BCUT2D eigenvalue weighted by atomic mass is 10.2. The molecule has 0 saturated heterocycles. The van der Waals surface area contributed by atoms with E-state index in [2.05, 4.69) is 9.71 Å². The van der Waals surface area contributed by atoms with Gasteiger partial charge in [0, 0.05) is 23.9 Å². The lowest BCUT2D eigenvalue weighted by Crippen LogP contribution is -2.28. The summed E-state index contributed by atoms with van der Waals surface area (Å²) in [5, 5.41) is 2.44. The van der Waals surface area contributed by atoms with E-state index in [4.69, 9.17) is 0 Å². The summed E-state index contributed by atoms with van der Waals surface area (Å²) in [4.78, 5) is 4.35. The summed E-state index contributed by atoms with van der Waals surface area (Å²) < 4.78 is 39.2. The van der Waals surface area contributed by atoms with Gasteiger partial charge in [-0.25, -0.2) is 22.5 Å². The Morgan fingerprint density at radius 1 is 1.33 bits per heavy atom. The van der Waals surface area contributed by atoms with Gasteiger partial charge in [0.15, 0.2) is 0 Å². The number of hydrogen-bond acceptors (Lipinski definition) is 4. The molecule has 0 aliphatic heterocycles. The van der Waals surface area contributed by atoms with Crippen LogP contribution in [0, 0.1) is 5.82 Å². The predicted molar refractivity (Wildman–Crippen MR) is 83.3 cm³/mol. The molecule has 0 bridgehead atoms. The van der Waals surface area contributed by atoms with Crippen molar-refractivity contribution in [3.63, 3.8) is 0 Å². The molecule has 114 valence electrons. The van der Waals surface area contributed by atoms with Gasteiger partial charge in [0.05, 0.1) is 11.4 Å². The molecular formula is C14H17FN2O2S2. The zero-order valence-corrected chi connectivity index (χ0v) is 13.3. The number of sulfonamides is 1. The summed E-state index contributed by atoms with van der Waals surface area (Å²) in [5.74, 6) is -0.174. The Balaban J connectivity index is 1.97. The maximum Gasteiger partial charge on any atom is 0.211 e. The molecule has 1 aromatic carbocycles. The second-order valence-electron chi connectivity index (χ2n) is 4.59. The molecule has 0 aliphatic carbocycles. The van der Waals surface area contributed by atoms with Gasteiger partial charge in [-0.05, 0) is 18.6 Å². The smallest absolute Gasteiger partial charge is 0.211 e. The number of halogens is 1. The highest BCUT2D eigenvalue weighted by atomic mass is 32.2. The highest BCUT2D eigenvalue weighted by Gasteiger charge is 2.11. The quantitative estimate of drug-likeness (QED) is 0.850. The molecule has 2 rings (SSSR count). The van der Waals surface area contributed by atoms with E-state index in [1.807, 2.05) is 12.3 Å². The Morgan fingerprint density at radius 2 is 2.10 bits per heavy atom. The molecule has 0 amide bonds. The highest BCUT2D eigenvalue weighted by molar-refractivity contribution is 7.89. The minimum absolute atomic E-state index is 0.130. The Labute approximate surface area is 128 Å². The first-order valence-electron chi connectivity index (χ1n) is 6.68. The van der Waals surface area contributed by atoms with Gasteiger partial charge < -0.3 is 0 Å². The fourth-order valence-corrected chi connectivity index (χ4v) is 3.83. The summed E-state index contributed by atoms with van der Waals surface area (Å²) in [6.45, 7) is 2.13. The largest absolute Gasteiger partial charge is 0.241 e. The van der Waals surface area contributed by atoms with Crippen LogP contribution in [-0.4, -0.2) is 25.7 Å². The molecule has 0 unspecified atom stereocenters. The Hall–Kier alpha value is -1.31. The predicted octanol–water partition coefficient (Wildman–Crippen LogP) is 2.82. The van der Waals surface area contributed by atoms with E-state index in [0.717, 1.165) is 5.69 Å². The molecule has 0 radical (unpaired) electrons. The van der Waals surface area contributed by atoms with E-state index in [0.29, 0.717) is 30.0 Å². The van der Waals surface area contributed by atoms with Crippen LogP contribution in [-0.2, 0) is 16.4 Å². The lowest BCUT2D eigenvalue weighted by molar-refractivity contribution is 0.580. The molecule has 4 nitrogen and oxygen atoms in total. The minimum Gasteiger partial charge on any atom is -0.241 e. The summed E-state index contributed by atoms with van der Waals surface area (Å²) in [6, 6.07) is 6.48. The molecule has 0 atom stereocenters. The summed E-state index contributed by atoms with van der Waals surface area (Å²) in [5.41, 5.74) is 1.23. The van der Waals surface area contributed by atoms with E-state index < -0.39 is 10.0 Å². The molecule has 0 saturated carbocycles. The van der Waals surface area contributed by atoms with Crippen molar-refractivity contribution in [3.8, 4) is 10.6 Å². The van der Waals surface area contributed by atoms with Gasteiger partial charge >= 0.3 is 0 Å². The van der Waals surface area contributed by atoms with Gasteiger partial charge in [-0.15, -0.1) is 11.3 Å². The maximum absolute atomic E-state index is 13.7. The second kappa shape index (κ2) is 7.11. The van der Waals surface area contributed by atoms with Crippen molar-refractivity contribution in [3.05, 3.63) is 41.2 Å². The van der Waals surface area contributed by atoms with Crippen molar-refractivity contribution in [2.45, 2.75) is 19.8 Å². The first-order valence-corrected chi connectivity index (χ1v) is 9.21. The van der Waals surface area contributed by atoms with Crippen molar-refractivity contribution in [2.75, 3.05) is 12.3 Å². The SMILES string of the molecule is CCCS(=O)(=O)NCCc1csc(-c2ccccc2F)n1. The lowest BCUT2D eigenvalue weighted by Gasteiger charge is -2.03. The van der Waals surface area contributed by atoms with Crippen molar-refractivity contribution < 1.29 is 12.8 Å². The van der Waals surface area contributed by atoms with E-state index in [9.17, 15) is 12.8 Å². The molecule has 2 aromatic rings. The average Bonchev–Trinajstić information content (AvgIpc) is 2.87. The second-order valence-corrected chi connectivity index (χ2v) is 7.37. The summed E-state index contributed by atoms with van der Waals surface area (Å²) in [6.07, 6.45) is 1.08. The molecule has 7 heteroatoms. The molecule has 1 N–H and O–H groups in total. The van der Waals surface area contributed by atoms with E-state index >= 15 is 0 Å². The van der Waals surface area contributed by atoms with Crippen LogP contribution >= 0.6 is 11.3 Å². The third-order valence-electron chi connectivity index (χ3n) is 2.83. The number of benzene rings is 1. The number of nitrogens with zero attached hydrogens (tertiary/aromatic N) is 1. The zero-order valence-electron chi connectivity index (χ0n) is 11.7. The number of nitrogens with one attached hydrogen (secondary N) is 1. The van der Waals surface area contributed by atoms with Crippen LogP contribution < -0.4 is 4.72 Å². The van der Waals surface area contributed by atoms with Gasteiger partial charge in [0.25, 0.3) is 0 Å². The van der Waals surface area contributed by atoms with E-state index in [1.165, 1.54) is 17.4 Å². The fourth-order valence-electron chi connectivity index (χ4n) is 1.86. The van der Waals surface area contributed by atoms with E-state index in [1.54, 1.807) is 18.2 Å².